The van der Waals surface area contributed by atoms with Crippen molar-refractivity contribution >= 4 is 11.8 Å². The standard InChI is InChI=1S/C16H24N4O2/c1-12-10-20(11-14(12)19-6-8-22-9-7-19)16(21)18-15-5-3-4-13(2)17-15/h3-5,12,14H,6-11H2,1-2H3,(H,17,18,21)/t12-,14-/m1/s1. The van der Waals surface area contributed by atoms with Crippen LogP contribution >= 0.6 is 0 Å². The van der Waals surface area contributed by atoms with E-state index in [9.17, 15) is 4.79 Å². The van der Waals surface area contributed by atoms with E-state index in [4.69, 9.17) is 4.74 Å². The van der Waals surface area contributed by atoms with E-state index in [0.717, 1.165) is 45.1 Å². The molecule has 22 heavy (non-hydrogen) atoms. The molecule has 120 valence electrons. The first kappa shape index (κ1) is 15.2. The number of rotatable bonds is 2. The Kier molecular flexibility index (Phi) is 4.59. The summed E-state index contributed by atoms with van der Waals surface area (Å²) in [5, 5.41) is 2.90. The lowest BCUT2D eigenvalue weighted by Crippen LogP contribution is -2.47. The van der Waals surface area contributed by atoms with Gasteiger partial charge in [-0.3, -0.25) is 10.2 Å². The van der Waals surface area contributed by atoms with E-state index in [-0.39, 0.29) is 6.03 Å². The van der Waals surface area contributed by atoms with Gasteiger partial charge in [0, 0.05) is 37.9 Å². The van der Waals surface area contributed by atoms with Gasteiger partial charge in [0.1, 0.15) is 5.82 Å². The number of carbonyl (C=O) groups excluding carboxylic acids is 1. The van der Waals surface area contributed by atoms with Gasteiger partial charge in [-0.1, -0.05) is 13.0 Å². The van der Waals surface area contributed by atoms with Gasteiger partial charge in [-0.25, -0.2) is 9.78 Å². The molecular formula is C16H24N4O2. The van der Waals surface area contributed by atoms with Crippen LogP contribution in [0.25, 0.3) is 0 Å². The number of aromatic nitrogens is 1. The van der Waals surface area contributed by atoms with Crippen molar-refractivity contribution in [3.8, 4) is 0 Å². The van der Waals surface area contributed by atoms with Crippen molar-refractivity contribution in [2.24, 2.45) is 5.92 Å². The minimum Gasteiger partial charge on any atom is -0.379 e. The molecule has 0 aromatic carbocycles. The molecule has 0 unspecified atom stereocenters. The topological polar surface area (TPSA) is 57.7 Å². The van der Waals surface area contributed by atoms with Crippen molar-refractivity contribution in [1.82, 2.24) is 14.8 Å². The minimum atomic E-state index is -0.0549. The van der Waals surface area contributed by atoms with E-state index in [1.165, 1.54) is 0 Å². The Morgan fingerprint density at radius 1 is 1.32 bits per heavy atom. The molecule has 6 nitrogen and oxygen atoms in total. The zero-order chi connectivity index (χ0) is 15.5. The molecule has 0 spiro atoms. The van der Waals surface area contributed by atoms with Crippen LogP contribution < -0.4 is 5.32 Å². The van der Waals surface area contributed by atoms with Crippen LogP contribution in [0.5, 0.6) is 0 Å². The molecule has 0 aliphatic carbocycles. The van der Waals surface area contributed by atoms with Crippen molar-refractivity contribution in [3.05, 3.63) is 23.9 Å². The average molecular weight is 304 g/mol. The van der Waals surface area contributed by atoms with Gasteiger partial charge in [0.15, 0.2) is 0 Å². The first-order valence-corrected chi connectivity index (χ1v) is 7.95. The van der Waals surface area contributed by atoms with Crippen LogP contribution in [-0.2, 0) is 4.74 Å². The normalized spacial score (nSPS) is 26.2. The predicted molar refractivity (Wildman–Crippen MR) is 84.9 cm³/mol. The van der Waals surface area contributed by atoms with Crippen LogP contribution in [0.15, 0.2) is 18.2 Å². The summed E-state index contributed by atoms with van der Waals surface area (Å²) in [7, 11) is 0. The molecular weight excluding hydrogens is 280 g/mol. The number of morpholine rings is 1. The SMILES string of the molecule is Cc1cccc(NC(=O)N2C[C@@H](C)[C@H](N3CCOCC3)C2)n1. The number of carbonyl (C=O) groups is 1. The van der Waals surface area contributed by atoms with Gasteiger partial charge >= 0.3 is 6.03 Å². The molecule has 1 N–H and O–H groups in total. The fourth-order valence-corrected chi connectivity index (χ4v) is 3.30. The molecule has 2 fully saturated rings. The molecule has 6 heteroatoms. The summed E-state index contributed by atoms with van der Waals surface area (Å²) in [6.45, 7) is 9.22. The molecule has 0 bridgehead atoms. The van der Waals surface area contributed by atoms with Crippen LogP contribution in [0.3, 0.4) is 0 Å². The van der Waals surface area contributed by atoms with E-state index >= 15 is 0 Å². The molecule has 2 amide bonds. The highest BCUT2D eigenvalue weighted by Gasteiger charge is 2.36. The first-order chi connectivity index (χ1) is 10.6. The lowest BCUT2D eigenvalue weighted by Gasteiger charge is -2.33. The summed E-state index contributed by atoms with van der Waals surface area (Å²) in [5.41, 5.74) is 0.902. The molecule has 0 radical (unpaired) electrons. The molecule has 2 atom stereocenters. The summed E-state index contributed by atoms with van der Waals surface area (Å²) in [5.74, 6) is 1.10. The van der Waals surface area contributed by atoms with Crippen molar-refractivity contribution in [1.29, 1.82) is 0 Å². The summed E-state index contributed by atoms with van der Waals surface area (Å²) >= 11 is 0. The number of hydrogen-bond donors (Lipinski definition) is 1. The Hall–Kier alpha value is -1.66. The van der Waals surface area contributed by atoms with Crippen molar-refractivity contribution in [2.75, 3.05) is 44.7 Å². The number of likely N-dealkylation sites (tertiary alicyclic amines) is 1. The quantitative estimate of drug-likeness (QED) is 0.901. The van der Waals surface area contributed by atoms with Crippen LogP contribution in [0.2, 0.25) is 0 Å². The highest BCUT2D eigenvalue weighted by atomic mass is 16.5. The van der Waals surface area contributed by atoms with Gasteiger partial charge in [0.25, 0.3) is 0 Å². The molecule has 3 rings (SSSR count). The maximum Gasteiger partial charge on any atom is 0.323 e. The summed E-state index contributed by atoms with van der Waals surface area (Å²) in [6.07, 6.45) is 0. The highest BCUT2D eigenvalue weighted by Crippen LogP contribution is 2.23. The largest absolute Gasteiger partial charge is 0.379 e. The third kappa shape index (κ3) is 3.39. The Morgan fingerprint density at radius 3 is 2.82 bits per heavy atom. The van der Waals surface area contributed by atoms with Gasteiger partial charge in [-0.2, -0.15) is 0 Å². The highest BCUT2D eigenvalue weighted by molar-refractivity contribution is 5.88. The Bertz CT molecular complexity index is 531. The van der Waals surface area contributed by atoms with E-state index < -0.39 is 0 Å². The van der Waals surface area contributed by atoms with E-state index in [1.807, 2.05) is 30.0 Å². The van der Waals surface area contributed by atoms with Crippen molar-refractivity contribution < 1.29 is 9.53 Å². The Labute approximate surface area is 131 Å². The summed E-state index contributed by atoms with van der Waals surface area (Å²) in [4.78, 5) is 21.1. The van der Waals surface area contributed by atoms with Crippen LogP contribution in [-0.4, -0.2) is 66.2 Å². The van der Waals surface area contributed by atoms with Gasteiger partial charge in [-0.15, -0.1) is 0 Å². The number of nitrogens with one attached hydrogen (secondary N) is 1. The smallest absolute Gasteiger partial charge is 0.323 e. The predicted octanol–water partition coefficient (Wildman–Crippen LogP) is 1.57. The Balaban J connectivity index is 1.59. The molecule has 1 aromatic rings. The molecule has 0 saturated carbocycles. The van der Waals surface area contributed by atoms with Crippen LogP contribution in [0.1, 0.15) is 12.6 Å². The summed E-state index contributed by atoms with van der Waals surface area (Å²) < 4.78 is 5.42. The lowest BCUT2D eigenvalue weighted by atomic mass is 10.0. The third-order valence-electron chi connectivity index (χ3n) is 4.50. The number of pyridine rings is 1. The van der Waals surface area contributed by atoms with Crippen LogP contribution in [0, 0.1) is 12.8 Å². The average Bonchev–Trinajstić information content (AvgIpc) is 2.90. The number of ether oxygens (including phenoxy) is 1. The number of anilines is 1. The zero-order valence-electron chi connectivity index (χ0n) is 13.3. The minimum absolute atomic E-state index is 0.0549. The number of nitrogens with zero attached hydrogens (tertiary/aromatic N) is 3. The maximum absolute atomic E-state index is 12.4. The number of hydrogen-bond acceptors (Lipinski definition) is 4. The van der Waals surface area contributed by atoms with Gasteiger partial charge < -0.3 is 9.64 Å². The second-order valence-corrected chi connectivity index (χ2v) is 6.19. The van der Waals surface area contributed by atoms with E-state index in [1.54, 1.807) is 0 Å². The zero-order valence-corrected chi connectivity index (χ0v) is 13.3. The molecule has 2 aliphatic heterocycles. The van der Waals surface area contributed by atoms with Gasteiger partial charge in [-0.05, 0) is 25.0 Å². The molecule has 2 saturated heterocycles. The van der Waals surface area contributed by atoms with Crippen molar-refractivity contribution in [2.45, 2.75) is 19.9 Å². The maximum atomic E-state index is 12.4. The second kappa shape index (κ2) is 6.62. The van der Waals surface area contributed by atoms with Gasteiger partial charge in [0.2, 0.25) is 0 Å². The third-order valence-corrected chi connectivity index (χ3v) is 4.50. The van der Waals surface area contributed by atoms with Gasteiger partial charge in [0.05, 0.1) is 13.2 Å². The molecule has 2 aliphatic rings. The second-order valence-electron chi connectivity index (χ2n) is 6.19. The monoisotopic (exact) mass is 304 g/mol. The fourth-order valence-electron chi connectivity index (χ4n) is 3.30. The van der Waals surface area contributed by atoms with E-state index in [0.29, 0.717) is 17.8 Å². The lowest BCUT2D eigenvalue weighted by molar-refractivity contribution is 0.0123. The Morgan fingerprint density at radius 2 is 2.09 bits per heavy atom. The van der Waals surface area contributed by atoms with E-state index in [2.05, 4.69) is 22.1 Å². The first-order valence-electron chi connectivity index (χ1n) is 7.95. The van der Waals surface area contributed by atoms with Crippen LogP contribution in [0.4, 0.5) is 10.6 Å². The number of amides is 2. The number of urea groups is 1. The fraction of sp³-hybridized carbons (Fsp3) is 0.625. The molecule has 1 aromatic heterocycles. The van der Waals surface area contributed by atoms with Crippen molar-refractivity contribution in [3.63, 3.8) is 0 Å². The summed E-state index contributed by atoms with van der Waals surface area (Å²) in [6, 6.07) is 6.02. The molecule has 3 heterocycles. The number of aryl methyl sites for hydroxylation is 1.